The first-order valence-electron chi connectivity index (χ1n) is 8.69. The van der Waals surface area contributed by atoms with E-state index in [2.05, 4.69) is 10.3 Å². The third kappa shape index (κ3) is 3.39. The first-order chi connectivity index (χ1) is 12.7. The van der Waals surface area contributed by atoms with E-state index in [1.54, 1.807) is 23.0 Å². The van der Waals surface area contributed by atoms with Gasteiger partial charge >= 0.3 is 0 Å². The molecule has 1 N–H and O–H groups in total. The van der Waals surface area contributed by atoms with Gasteiger partial charge in [-0.1, -0.05) is 30.3 Å². The minimum Gasteiger partial charge on any atom is -0.467 e. The number of rotatable bonds is 4. The molecule has 0 spiro atoms. The molecule has 26 heavy (non-hydrogen) atoms. The zero-order valence-electron chi connectivity index (χ0n) is 14.2. The molecule has 0 bridgehead atoms. The number of aromatic nitrogens is 2. The van der Waals surface area contributed by atoms with E-state index < -0.39 is 0 Å². The van der Waals surface area contributed by atoms with Crippen LogP contribution in [0.3, 0.4) is 0 Å². The Morgan fingerprint density at radius 1 is 1.19 bits per heavy atom. The van der Waals surface area contributed by atoms with Crippen LogP contribution in [0, 0.1) is 0 Å². The van der Waals surface area contributed by atoms with Crippen LogP contribution in [0.5, 0.6) is 0 Å². The monoisotopic (exact) mass is 369 g/mol. The zero-order chi connectivity index (χ0) is 17.9. The van der Waals surface area contributed by atoms with Crippen molar-refractivity contribution in [2.45, 2.75) is 36.2 Å². The van der Waals surface area contributed by atoms with Crippen molar-refractivity contribution in [3.05, 3.63) is 58.8 Å². The molecule has 7 heteroatoms. The van der Waals surface area contributed by atoms with Crippen molar-refractivity contribution in [3.8, 4) is 0 Å². The fourth-order valence-corrected chi connectivity index (χ4v) is 4.24. The summed E-state index contributed by atoms with van der Waals surface area (Å²) >= 11 is 1.36. The summed E-state index contributed by atoms with van der Waals surface area (Å²) < 4.78 is 7.02. The van der Waals surface area contributed by atoms with Gasteiger partial charge in [0, 0.05) is 6.54 Å². The summed E-state index contributed by atoms with van der Waals surface area (Å²) in [5, 5.41) is 3.81. The van der Waals surface area contributed by atoms with Gasteiger partial charge in [0.15, 0.2) is 5.16 Å². The Balaban J connectivity index is 1.78. The quantitative estimate of drug-likeness (QED) is 0.716. The van der Waals surface area contributed by atoms with Crippen LogP contribution >= 0.6 is 11.8 Å². The van der Waals surface area contributed by atoms with Crippen LogP contribution in [-0.2, 0) is 11.3 Å². The number of nitrogens with one attached hydrogen (secondary N) is 1. The van der Waals surface area contributed by atoms with Gasteiger partial charge in [-0.2, -0.15) is 0 Å². The van der Waals surface area contributed by atoms with Crippen LogP contribution in [0.25, 0.3) is 10.9 Å². The molecule has 0 radical (unpaired) electrons. The molecule has 1 aromatic carbocycles. The normalized spacial score (nSPS) is 17.8. The van der Waals surface area contributed by atoms with Crippen molar-refractivity contribution in [1.29, 1.82) is 0 Å². The highest BCUT2D eigenvalue weighted by Crippen LogP contribution is 2.27. The maximum absolute atomic E-state index is 13.0. The van der Waals surface area contributed by atoms with Crippen molar-refractivity contribution in [2.24, 2.45) is 0 Å². The first-order valence-corrected chi connectivity index (χ1v) is 9.56. The minimum atomic E-state index is -0.242. The lowest BCUT2D eigenvalue weighted by molar-refractivity contribution is -0.120. The average Bonchev–Trinajstić information content (AvgIpc) is 3.08. The molecule has 0 saturated carbocycles. The van der Waals surface area contributed by atoms with Crippen molar-refractivity contribution in [2.75, 3.05) is 6.54 Å². The van der Waals surface area contributed by atoms with E-state index in [1.807, 2.05) is 24.3 Å². The van der Waals surface area contributed by atoms with Gasteiger partial charge < -0.3 is 9.73 Å². The van der Waals surface area contributed by atoms with Crippen molar-refractivity contribution in [3.63, 3.8) is 0 Å². The largest absolute Gasteiger partial charge is 0.467 e. The molecule has 1 atom stereocenters. The fraction of sp³-hybridized carbons (Fsp3) is 0.316. The highest BCUT2D eigenvalue weighted by Gasteiger charge is 2.25. The van der Waals surface area contributed by atoms with Crippen LogP contribution in [-0.4, -0.2) is 27.3 Å². The molecule has 3 aromatic rings. The summed E-state index contributed by atoms with van der Waals surface area (Å²) in [5.74, 6) is 0.691. The molecule has 1 amide bonds. The lowest BCUT2D eigenvalue weighted by Crippen LogP contribution is -2.32. The molecule has 1 unspecified atom stereocenters. The molecule has 4 rings (SSSR count). The molecule has 2 aromatic heterocycles. The lowest BCUT2D eigenvalue weighted by Gasteiger charge is -2.16. The Labute approximate surface area is 154 Å². The highest BCUT2D eigenvalue weighted by molar-refractivity contribution is 8.00. The molecular weight excluding hydrogens is 350 g/mol. The summed E-state index contributed by atoms with van der Waals surface area (Å²) in [6.07, 6.45) is 4.32. The predicted molar refractivity (Wildman–Crippen MR) is 100 cm³/mol. The minimum absolute atomic E-state index is 0.0134. The van der Waals surface area contributed by atoms with Crippen LogP contribution in [0.15, 0.2) is 57.0 Å². The molecular formula is C19H19N3O3S. The number of amides is 1. The van der Waals surface area contributed by atoms with Crippen LogP contribution in [0.4, 0.5) is 0 Å². The standard InChI is InChI=1S/C19H19N3O3S/c23-17-16(9-3-4-10-20-17)26-19-21-15-8-2-1-7-14(15)18(24)22(19)12-13-6-5-11-25-13/h1-2,5-8,11,16H,3-4,9-10,12H2,(H,20,23). The van der Waals surface area contributed by atoms with Gasteiger partial charge in [-0.25, -0.2) is 4.98 Å². The Hall–Kier alpha value is -2.54. The number of para-hydroxylation sites is 1. The second-order valence-electron chi connectivity index (χ2n) is 6.28. The topological polar surface area (TPSA) is 77.1 Å². The number of furan rings is 1. The summed E-state index contributed by atoms with van der Waals surface area (Å²) in [7, 11) is 0. The Kier molecular flexibility index (Phi) is 4.79. The van der Waals surface area contributed by atoms with E-state index in [4.69, 9.17) is 4.42 Å². The molecule has 1 saturated heterocycles. The van der Waals surface area contributed by atoms with Gasteiger partial charge in [0.2, 0.25) is 5.91 Å². The second kappa shape index (κ2) is 7.37. The summed E-state index contributed by atoms with van der Waals surface area (Å²) in [5.41, 5.74) is 0.522. The number of carbonyl (C=O) groups is 1. The van der Waals surface area contributed by atoms with Crippen molar-refractivity contribution in [1.82, 2.24) is 14.9 Å². The summed E-state index contributed by atoms with van der Waals surface area (Å²) in [4.78, 5) is 30.0. The number of hydrogen-bond donors (Lipinski definition) is 1. The Morgan fingerprint density at radius 2 is 2.08 bits per heavy atom. The maximum atomic E-state index is 13.0. The van der Waals surface area contributed by atoms with Crippen molar-refractivity contribution >= 4 is 28.6 Å². The lowest BCUT2D eigenvalue weighted by atomic mass is 10.2. The molecule has 0 aliphatic carbocycles. The van der Waals surface area contributed by atoms with Gasteiger partial charge in [-0.05, 0) is 37.1 Å². The Bertz CT molecular complexity index is 981. The van der Waals surface area contributed by atoms with E-state index in [0.717, 1.165) is 19.3 Å². The number of fused-ring (bicyclic) bond motifs is 1. The molecule has 1 aliphatic rings. The fourth-order valence-electron chi connectivity index (χ4n) is 3.09. The van der Waals surface area contributed by atoms with E-state index in [1.165, 1.54) is 11.8 Å². The summed E-state index contributed by atoms with van der Waals surface area (Å²) in [6, 6.07) is 10.9. The molecule has 1 fully saturated rings. The van der Waals surface area contributed by atoms with E-state index in [-0.39, 0.29) is 16.7 Å². The average molecular weight is 369 g/mol. The predicted octanol–water partition coefficient (Wildman–Crippen LogP) is 2.80. The van der Waals surface area contributed by atoms with Crippen LogP contribution < -0.4 is 10.9 Å². The highest BCUT2D eigenvalue weighted by atomic mass is 32.2. The maximum Gasteiger partial charge on any atom is 0.262 e. The van der Waals surface area contributed by atoms with Gasteiger partial charge in [0.1, 0.15) is 5.76 Å². The number of carbonyl (C=O) groups excluding carboxylic acids is 1. The van der Waals surface area contributed by atoms with Gasteiger partial charge in [-0.3, -0.25) is 14.2 Å². The van der Waals surface area contributed by atoms with E-state index in [0.29, 0.717) is 34.9 Å². The first kappa shape index (κ1) is 16.9. The molecule has 134 valence electrons. The summed E-state index contributed by atoms with van der Waals surface area (Å²) in [6.45, 7) is 1.00. The second-order valence-corrected chi connectivity index (χ2v) is 7.45. The van der Waals surface area contributed by atoms with Gasteiger partial charge in [-0.15, -0.1) is 0 Å². The third-order valence-corrected chi connectivity index (χ3v) is 5.71. The van der Waals surface area contributed by atoms with Crippen LogP contribution in [0.2, 0.25) is 0 Å². The molecule has 6 nitrogen and oxygen atoms in total. The van der Waals surface area contributed by atoms with E-state index >= 15 is 0 Å². The van der Waals surface area contributed by atoms with E-state index in [9.17, 15) is 9.59 Å². The number of benzene rings is 1. The van der Waals surface area contributed by atoms with Crippen molar-refractivity contribution < 1.29 is 9.21 Å². The molecule has 1 aliphatic heterocycles. The van der Waals surface area contributed by atoms with Gasteiger partial charge in [0.25, 0.3) is 5.56 Å². The third-order valence-electron chi connectivity index (χ3n) is 4.45. The molecule has 3 heterocycles. The smallest absolute Gasteiger partial charge is 0.262 e. The Morgan fingerprint density at radius 3 is 2.92 bits per heavy atom. The number of thioether (sulfide) groups is 1. The SMILES string of the molecule is O=C1NCCCCC1Sc1nc2ccccc2c(=O)n1Cc1ccco1. The van der Waals surface area contributed by atoms with Gasteiger partial charge in [0.05, 0.1) is 29.0 Å². The number of nitrogens with zero attached hydrogens (tertiary/aromatic N) is 2. The van der Waals surface area contributed by atoms with Crippen LogP contribution in [0.1, 0.15) is 25.0 Å². The zero-order valence-corrected chi connectivity index (χ0v) is 15.0. The number of hydrogen-bond acceptors (Lipinski definition) is 5.